The largest absolute Gasteiger partial charge is 0.361 e. The zero-order valence-corrected chi connectivity index (χ0v) is 14.3. The fourth-order valence-corrected chi connectivity index (χ4v) is 5.05. The summed E-state index contributed by atoms with van der Waals surface area (Å²) >= 11 is 0. The van der Waals surface area contributed by atoms with Crippen molar-refractivity contribution < 1.29 is 9.32 Å². The molecule has 0 N–H and O–H groups in total. The van der Waals surface area contributed by atoms with Crippen molar-refractivity contribution in [3.05, 3.63) is 17.0 Å². The number of urea groups is 1. The summed E-state index contributed by atoms with van der Waals surface area (Å²) in [5.74, 6) is 1.46. The maximum absolute atomic E-state index is 13.0. The number of nitrogens with zero attached hydrogens (tertiary/aromatic N) is 3. The van der Waals surface area contributed by atoms with Crippen molar-refractivity contribution in [2.75, 3.05) is 13.1 Å². The van der Waals surface area contributed by atoms with Crippen LogP contribution < -0.4 is 0 Å². The van der Waals surface area contributed by atoms with Crippen molar-refractivity contribution >= 4 is 6.03 Å². The van der Waals surface area contributed by atoms with Crippen molar-refractivity contribution in [1.82, 2.24) is 15.0 Å². The summed E-state index contributed by atoms with van der Waals surface area (Å²) < 4.78 is 5.37. The van der Waals surface area contributed by atoms with Gasteiger partial charge in [0.15, 0.2) is 0 Å². The molecular formula is C18H27N3O2. The molecule has 5 heteroatoms. The zero-order chi connectivity index (χ0) is 16.0. The molecule has 3 fully saturated rings. The van der Waals surface area contributed by atoms with E-state index in [1.807, 2.05) is 13.8 Å². The minimum absolute atomic E-state index is 0.300. The fourth-order valence-electron chi connectivity index (χ4n) is 5.05. The SMILES string of the molecule is Cc1noc(C)c1[C@H]1C[C@H]2CC[C@@H](C1)N2C(=O)N1CCCCC1. The topological polar surface area (TPSA) is 49.6 Å². The average Bonchev–Trinajstić information content (AvgIpc) is 3.03. The maximum Gasteiger partial charge on any atom is 0.320 e. The van der Waals surface area contributed by atoms with Crippen LogP contribution in [0, 0.1) is 13.8 Å². The molecule has 0 aromatic carbocycles. The van der Waals surface area contributed by atoms with Crippen molar-refractivity contribution in [3.63, 3.8) is 0 Å². The Morgan fingerprint density at radius 1 is 1.09 bits per heavy atom. The minimum Gasteiger partial charge on any atom is -0.361 e. The molecule has 5 nitrogen and oxygen atoms in total. The number of carbonyl (C=O) groups excluding carboxylic acids is 1. The van der Waals surface area contributed by atoms with Gasteiger partial charge in [0.2, 0.25) is 0 Å². The number of aryl methyl sites for hydroxylation is 2. The van der Waals surface area contributed by atoms with Gasteiger partial charge >= 0.3 is 6.03 Å². The molecule has 0 aliphatic carbocycles. The van der Waals surface area contributed by atoms with E-state index in [4.69, 9.17) is 4.52 Å². The van der Waals surface area contributed by atoms with E-state index >= 15 is 0 Å². The lowest BCUT2D eigenvalue weighted by Gasteiger charge is -2.42. The number of fused-ring (bicyclic) bond motifs is 2. The van der Waals surface area contributed by atoms with Gasteiger partial charge in [-0.1, -0.05) is 5.16 Å². The first-order valence-corrected chi connectivity index (χ1v) is 9.15. The van der Waals surface area contributed by atoms with Gasteiger partial charge in [-0.05, 0) is 64.7 Å². The van der Waals surface area contributed by atoms with Gasteiger partial charge in [0.05, 0.1) is 5.69 Å². The molecule has 0 radical (unpaired) electrons. The highest BCUT2D eigenvalue weighted by Crippen LogP contribution is 2.45. The standard InChI is InChI=1S/C18H27N3O2/c1-12-17(13(2)23-19-12)14-10-15-6-7-16(11-14)21(15)18(22)20-8-4-3-5-9-20/h14-16H,3-11H2,1-2H3/t14-,15+,16-. The van der Waals surface area contributed by atoms with E-state index in [0.29, 0.717) is 24.0 Å². The number of likely N-dealkylation sites (tertiary alicyclic amines) is 1. The molecule has 0 spiro atoms. The van der Waals surface area contributed by atoms with Crippen LogP contribution in [0.3, 0.4) is 0 Å². The Hall–Kier alpha value is -1.52. The van der Waals surface area contributed by atoms with E-state index < -0.39 is 0 Å². The number of carbonyl (C=O) groups is 1. The van der Waals surface area contributed by atoms with Crippen LogP contribution in [0.1, 0.15) is 67.9 Å². The maximum atomic E-state index is 13.0. The third-order valence-corrected chi connectivity index (χ3v) is 6.08. The van der Waals surface area contributed by atoms with Gasteiger partial charge in [0.1, 0.15) is 5.76 Å². The van der Waals surface area contributed by atoms with E-state index in [-0.39, 0.29) is 0 Å². The van der Waals surface area contributed by atoms with Crippen molar-refractivity contribution in [2.45, 2.75) is 76.8 Å². The smallest absolute Gasteiger partial charge is 0.320 e. The van der Waals surface area contributed by atoms with E-state index in [2.05, 4.69) is 15.0 Å². The Balaban J connectivity index is 1.51. The van der Waals surface area contributed by atoms with E-state index in [1.165, 1.54) is 12.0 Å². The summed E-state index contributed by atoms with van der Waals surface area (Å²) in [5, 5.41) is 4.13. The minimum atomic E-state index is 0.300. The summed E-state index contributed by atoms with van der Waals surface area (Å²) in [4.78, 5) is 17.3. The summed E-state index contributed by atoms with van der Waals surface area (Å²) in [6.45, 7) is 5.95. The van der Waals surface area contributed by atoms with Gasteiger partial charge in [-0.15, -0.1) is 0 Å². The lowest BCUT2D eigenvalue weighted by Crippen LogP contribution is -2.53. The molecule has 3 aliphatic heterocycles. The van der Waals surface area contributed by atoms with Crippen LogP contribution in [0.4, 0.5) is 4.79 Å². The Morgan fingerprint density at radius 2 is 1.74 bits per heavy atom. The highest BCUT2D eigenvalue weighted by molar-refractivity contribution is 5.76. The van der Waals surface area contributed by atoms with Crippen LogP contribution in [0.2, 0.25) is 0 Å². The van der Waals surface area contributed by atoms with Gasteiger partial charge in [-0.25, -0.2) is 4.79 Å². The summed E-state index contributed by atoms with van der Waals surface area (Å²) in [7, 11) is 0. The highest BCUT2D eigenvalue weighted by atomic mass is 16.5. The van der Waals surface area contributed by atoms with Crippen LogP contribution >= 0.6 is 0 Å². The molecule has 2 amide bonds. The molecule has 4 heterocycles. The Kier molecular flexibility index (Phi) is 3.82. The molecule has 23 heavy (non-hydrogen) atoms. The van der Waals surface area contributed by atoms with Crippen LogP contribution in [-0.4, -0.2) is 46.2 Å². The quantitative estimate of drug-likeness (QED) is 0.795. The molecule has 3 saturated heterocycles. The predicted molar refractivity (Wildman–Crippen MR) is 87.4 cm³/mol. The van der Waals surface area contributed by atoms with Crippen molar-refractivity contribution in [1.29, 1.82) is 0 Å². The Labute approximate surface area is 138 Å². The van der Waals surface area contributed by atoms with Gasteiger partial charge in [0.25, 0.3) is 0 Å². The molecule has 4 rings (SSSR count). The monoisotopic (exact) mass is 317 g/mol. The Bertz CT molecular complexity index is 558. The molecular weight excluding hydrogens is 290 g/mol. The van der Waals surface area contributed by atoms with Gasteiger partial charge in [-0.2, -0.15) is 0 Å². The molecule has 126 valence electrons. The molecule has 2 bridgehead atoms. The second-order valence-electron chi connectivity index (χ2n) is 7.53. The van der Waals surface area contributed by atoms with Crippen LogP contribution in [0.15, 0.2) is 4.52 Å². The van der Waals surface area contributed by atoms with Gasteiger partial charge in [0, 0.05) is 30.7 Å². The summed E-state index contributed by atoms with van der Waals surface area (Å²) in [6, 6.07) is 1.11. The second kappa shape index (κ2) is 5.84. The lowest BCUT2D eigenvalue weighted by atomic mass is 9.84. The third kappa shape index (κ3) is 2.54. The summed E-state index contributed by atoms with van der Waals surface area (Å²) in [6.07, 6.45) is 8.05. The predicted octanol–water partition coefficient (Wildman–Crippen LogP) is 3.61. The number of aromatic nitrogens is 1. The van der Waals surface area contributed by atoms with Gasteiger partial charge in [-0.3, -0.25) is 0 Å². The fraction of sp³-hybridized carbons (Fsp3) is 0.778. The van der Waals surface area contributed by atoms with Crippen LogP contribution in [-0.2, 0) is 0 Å². The van der Waals surface area contributed by atoms with Crippen LogP contribution in [0.5, 0.6) is 0 Å². The molecule has 1 aromatic heterocycles. The second-order valence-corrected chi connectivity index (χ2v) is 7.53. The van der Waals surface area contributed by atoms with Crippen molar-refractivity contribution in [2.24, 2.45) is 0 Å². The third-order valence-electron chi connectivity index (χ3n) is 6.08. The number of rotatable bonds is 1. The number of piperidine rings is 2. The summed E-state index contributed by atoms with van der Waals surface area (Å²) in [5.41, 5.74) is 2.33. The van der Waals surface area contributed by atoms with E-state index in [1.54, 1.807) is 0 Å². The number of amides is 2. The van der Waals surface area contributed by atoms with Crippen molar-refractivity contribution in [3.8, 4) is 0 Å². The number of hydrogen-bond donors (Lipinski definition) is 0. The normalized spacial score (nSPS) is 30.8. The molecule has 3 aliphatic rings. The van der Waals surface area contributed by atoms with Gasteiger partial charge < -0.3 is 14.3 Å². The average molecular weight is 317 g/mol. The zero-order valence-electron chi connectivity index (χ0n) is 14.3. The molecule has 3 atom stereocenters. The molecule has 0 saturated carbocycles. The lowest BCUT2D eigenvalue weighted by molar-refractivity contribution is 0.0989. The Morgan fingerprint density at radius 3 is 2.30 bits per heavy atom. The molecule has 0 unspecified atom stereocenters. The highest BCUT2D eigenvalue weighted by Gasteiger charge is 2.45. The number of hydrogen-bond acceptors (Lipinski definition) is 3. The van der Waals surface area contributed by atoms with Crippen LogP contribution in [0.25, 0.3) is 0 Å². The first kappa shape index (κ1) is 15.0. The molecule has 1 aromatic rings. The first-order chi connectivity index (χ1) is 11.1. The first-order valence-electron chi connectivity index (χ1n) is 9.15. The van der Waals surface area contributed by atoms with E-state index in [0.717, 1.165) is 63.1 Å². The van der Waals surface area contributed by atoms with E-state index in [9.17, 15) is 4.79 Å².